The Bertz CT molecular complexity index is 325. The molecule has 1 N–H and O–H groups in total. The van der Waals surface area contributed by atoms with E-state index in [2.05, 4.69) is 10.1 Å². The summed E-state index contributed by atoms with van der Waals surface area (Å²) in [6.07, 6.45) is 0. The van der Waals surface area contributed by atoms with Crippen LogP contribution in [-0.4, -0.2) is 20.1 Å². The quantitative estimate of drug-likeness (QED) is 0.708. The topological polar surface area (TPSA) is 38.3 Å². The van der Waals surface area contributed by atoms with Crippen molar-refractivity contribution < 1.29 is 13.9 Å². The molecule has 0 radical (unpaired) electrons. The van der Waals surface area contributed by atoms with Crippen molar-refractivity contribution >= 4 is 11.7 Å². The number of anilines is 1. The van der Waals surface area contributed by atoms with Crippen molar-refractivity contribution in [2.45, 2.75) is 0 Å². The van der Waals surface area contributed by atoms with Gasteiger partial charge < -0.3 is 10.1 Å². The lowest BCUT2D eigenvalue weighted by atomic mass is 10.2. The number of esters is 1. The molecule has 0 aromatic heterocycles. The Balaban J connectivity index is 3.06. The van der Waals surface area contributed by atoms with Crippen LogP contribution in [0, 0.1) is 5.82 Å². The van der Waals surface area contributed by atoms with Crippen LogP contribution in [0.4, 0.5) is 10.1 Å². The molecular weight excluding hydrogens is 173 g/mol. The van der Waals surface area contributed by atoms with Crippen molar-refractivity contribution in [2.24, 2.45) is 0 Å². The van der Waals surface area contributed by atoms with E-state index in [-0.39, 0.29) is 5.69 Å². The number of rotatable bonds is 2. The van der Waals surface area contributed by atoms with E-state index in [4.69, 9.17) is 0 Å². The number of carbonyl (C=O) groups is 1. The summed E-state index contributed by atoms with van der Waals surface area (Å²) in [5.41, 5.74) is 0.608. The molecule has 0 amide bonds. The zero-order valence-electron chi connectivity index (χ0n) is 7.43. The van der Waals surface area contributed by atoms with Gasteiger partial charge in [0, 0.05) is 7.05 Å². The third kappa shape index (κ3) is 1.96. The molecule has 0 spiro atoms. The number of ether oxygens (including phenoxy) is 1. The highest BCUT2D eigenvalue weighted by molar-refractivity contribution is 5.90. The second-order valence-electron chi connectivity index (χ2n) is 2.44. The summed E-state index contributed by atoms with van der Waals surface area (Å²) in [5, 5.41) is 2.63. The molecule has 1 aromatic rings. The molecule has 0 saturated heterocycles. The van der Waals surface area contributed by atoms with Gasteiger partial charge in [0.2, 0.25) is 0 Å². The average molecular weight is 183 g/mol. The van der Waals surface area contributed by atoms with Crippen LogP contribution in [0.25, 0.3) is 0 Å². The number of nitrogens with one attached hydrogen (secondary N) is 1. The minimum atomic E-state index is -0.475. The van der Waals surface area contributed by atoms with Crippen LogP contribution >= 0.6 is 0 Å². The van der Waals surface area contributed by atoms with Gasteiger partial charge in [-0.15, -0.1) is 0 Å². The molecule has 0 aliphatic heterocycles. The maximum Gasteiger partial charge on any atom is 0.337 e. The highest BCUT2D eigenvalue weighted by Gasteiger charge is 2.08. The minimum Gasteiger partial charge on any atom is -0.465 e. The van der Waals surface area contributed by atoms with Gasteiger partial charge >= 0.3 is 5.97 Å². The van der Waals surface area contributed by atoms with E-state index in [1.165, 1.54) is 25.3 Å². The van der Waals surface area contributed by atoms with Gasteiger partial charge in [-0.25, -0.2) is 9.18 Å². The number of methoxy groups -OCH3 is 1. The smallest absolute Gasteiger partial charge is 0.337 e. The summed E-state index contributed by atoms with van der Waals surface area (Å²) in [6, 6.07) is 4.00. The van der Waals surface area contributed by atoms with Crippen LogP contribution in [-0.2, 0) is 4.74 Å². The lowest BCUT2D eigenvalue weighted by Gasteiger charge is -2.04. The molecule has 0 aliphatic rings. The lowest BCUT2D eigenvalue weighted by Crippen LogP contribution is -2.03. The number of carbonyl (C=O) groups excluding carboxylic acids is 1. The summed E-state index contributed by atoms with van der Waals surface area (Å²) in [6.45, 7) is 0. The third-order valence-corrected chi connectivity index (χ3v) is 1.66. The van der Waals surface area contributed by atoms with Gasteiger partial charge in [-0.1, -0.05) is 0 Å². The molecule has 3 nitrogen and oxygen atoms in total. The molecule has 0 saturated carbocycles. The van der Waals surface area contributed by atoms with Gasteiger partial charge in [-0.3, -0.25) is 0 Å². The molecular formula is C9H10FNO2. The number of benzene rings is 1. The van der Waals surface area contributed by atoms with Crippen molar-refractivity contribution in [3.05, 3.63) is 29.6 Å². The Morgan fingerprint density at radius 2 is 2.23 bits per heavy atom. The normalized spacial score (nSPS) is 9.46. The van der Waals surface area contributed by atoms with Crippen molar-refractivity contribution in [3.8, 4) is 0 Å². The Kier molecular flexibility index (Phi) is 2.84. The third-order valence-electron chi connectivity index (χ3n) is 1.66. The van der Waals surface area contributed by atoms with E-state index < -0.39 is 11.8 Å². The summed E-state index contributed by atoms with van der Waals surface area (Å²) >= 11 is 0. The summed E-state index contributed by atoms with van der Waals surface area (Å²) in [7, 11) is 2.87. The van der Waals surface area contributed by atoms with Gasteiger partial charge in [-0.05, 0) is 18.2 Å². The van der Waals surface area contributed by atoms with Crippen molar-refractivity contribution in [3.63, 3.8) is 0 Å². The first kappa shape index (κ1) is 9.51. The number of hydrogen-bond donors (Lipinski definition) is 1. The summed E-state index contributed by atoms with van der Waals surface area (Å²) in [5.74, 6) is -0.869. The predicted molar refractivity (Wildman–Crippen MR) is 47.3 cm³/mol. The van der Waals surface area contributed by atoms with Crippen LogP contribution in [0.2, 0.25) is 0 Å². The molecule has 4 heteroatoms. The first-order valence-corrected chi connectivity index (χ1v) is 3.74. The van der Waals surface area contributed by atoms with Crippen molar-refractivity contribution in [1.29, 1.82) is 0 Å². The van der Waals surface area contributed by atoms with Gasteiger partial charge in [0.05, 0.1) is 18.4 Å². The molecule has 0 bridgehead atoms. The van der Waals surface area contributed by atoms with Crippen LogP contribution in [0.3, 0.4) is 0 Å². The maximum absolute atomic E-state index is 12.9. The first-order chi connectivity index (χ1) is 6.19. The molecule has 13 heavy (non-hydrogen) atoms. The molecule has 1 rings (SSSR count). The van der Waals surface area contributed by atoms with Crippen LogP contribution in [0.1, 0.15) is 10.4 Å². The average Bonchev–Trinajstić information content (AvgIpc) is 2.17. The van der Waals surface area contributed by atoms with Gasteiger partial charge in [0.15, 0.2) is 0 Å². The molecule has 0 heterocycles. The first-order valence-electron chi connectivity index (χ1n) is 3.74. The Morgan fingerprint density at radius 1 is 1.54 bits per heavy atom. The van der Waals surface area contributed by atoms with E-state index in [0.717, 1.165) is 0 Å². The summed E-state index contributed by atoms with van der Waals surface area (Å²) in [4.78, 5) is 11.0. The largest absolute Gasteiger partial charge is 0.465 e. The van der Waals surface area contributed by atoms with E-state index in [1.54, 1.807) is 7.05 Å². The van der Waals surface area contributed by atoms with Crippen molar-refractivity contribution in [2.75, 3.05) is 19.5 Å². The molecule has 1 aromatic carbocycles. The van der Waals surface area contributed by atoms with Gasteiger partial charge in [-0.2, -0.15) is 0 Å². The molecule has 70 valence electrons. The maximum atomic E-state index is 12.9. The van der Waals surface area contributed by atoms with E-state index in [1.807, 2.05) is 0 Å². The molecule has 0 unspecified atom stereocenters. The zero-order valence-corrected chi connectivity index (χ0v) is 7.43. The molecule has 0 fully saturated rings. The number of halogens is 1. The van der Waals surface area contributed by atoms with E-state index in [9.17, 15) is 9.18 Å². The van der Waals surface area contributed by atoms with Gasteiger partial charge in [0.25, 0.3) is 0 Å². The Morgan fingerprint density at radius 3 is 2.77 bits per heavy atom. The van der Waals surface area contributed by atoms with Crippen LogP contribution < -0.4 is 5.32 Å². The Hall–Kier alpha value is -1.58. The highest BCUT2D eigenvalue weighted by Crippen LogP contribution is 2.15. The minimum absolute atomic E-state index is 0.280. The van der Waals surface area contributed by atoms with E-state index >= 15 is 0 Å². The van der Waals surface area contributed by atoms with Crippen LogP contribution in [0.5, 0.6) is 0 Å². The fourth-order valence-corrected chi connectivity index (χ4v) is 0.962. The second kappa shape index (κ2) is 3.89. The highest BCUT2D eigenvalue weighted by atomic mass is 19.1. The second-order valence-corrected chi connectivity index (χ2v) is 2.44. The number of hydrogen-bond acceptors (Lipinski definition) is 3. The molecule has 0 atom stereocenters. The monoisotopic (exact) mass is 183 g/mol. The fourth-order valence-electron chi connectivity index (χ4n) is 0.962. The standard InChI is InChI=1S/C9H10FNO2/c1-11-8-5-6(9(12)13-2)3-4-7(8)10/h3-5,11H,1-2H3. The van der Waals surface area contributed by atoms with Crippen molar-refractivity contribution in [1.82, 2.24) is 0 Å². The van der Waals surface area contributed by atoms with Gasteiger partial charge in [0.1, 0.15) is 5.82 Å². The fraction of sp³-hybridized carbons (Fsp3) is 0.222. The van der Waals surface area contributed by atoms with Crippen LogP contribution in [0.15, 0.2) is 18.2 Å². The zero-order chi connectivity index (χ0) is 9.84. The predicted octanol–water partition coefficient (Wildman–Crippen LogP) is 1.65. The molecule has 0 aliphatic carbocycles. The lowest BCUT2D eigenvalue weighted by molar-refractivity contribution is 0.0601. The SMILES string of the molecule is CNc1cc(C(=O)OC)ccc1F. The van der Waals surface area contributed by atoms with E-state index in [0.29, 0.717) is 5.56 Å². The summed E-state index contributed by atoms with van der Waals surface area (Å²) < 4.78 is 17.4. The Labute approximate surface area is 75.5 Å².